The summed E-state index contributed by atoms with van der Waals surface area (Å²) < 4.78 is 0. The molecule has 1 aromatic rings. The molecule has 0 spiro atoms. The summed E-state index contributed by atoms with van der Waals surface area (Å²) in [7, 11) is 0. The van der Waals surface area contributed by atoms with Gasteiger partial charge >= 0.3 is 0 Å². The highest BCUT2D eigenvalue weighted by Crippen LogP contribution is 2.22. The molecule has 16 heavy (non-hydrogen) atoms. The predicted molar refractivity (Wildman–Crippen MR) is 60.3 cm³/mol. The zero-order chi connectivity index (χ0) is 11.5. The molecule has 0 aromatic heterocycles. The van der Waals surface area contributed by atoms with Crippen molar-refractivity contribution in [1.29, 1.82) is 0 Å². The van der Waals surface area contributed by atoms with Gasteiger partial charge in [-0.05, 0) is 37.1 Å². The number of phenols is 2. The Hall–Kier alpha value is -1.26. The molecule has 1 heterocycles. The van der Waals surface area contributed by atoms with Crippen LogP contribution in [0.15, 0.2) is 18.2 Å². The minimum absolute atomic E-state index is 0.0764. The van der Waals surface area contributed by atoms with Crippen LogP contribution < -0.4 is 0 Å². The molecular formula is C12H17NO3. The van der Waals surface area contributed by atoms with Crippen LogP contribution in [0.4, 0.5) is 0 Å². The Labute approximate surface area is 94.8 Å². The van der Waals surface area contributed by atoms with Gasteiger partial charge in [0.05, 0.1) is 6.10 Å². The summed E-state index contributed by atoms with van der Waals surface area (Å²) in [6.07, 6.45) is 1.60. The summed E-state index contributed by atoms with van der Waals surface area (Å²) in [5, 5.41) is 28.2. The molecule has 3 N–H and O–H groups in total. The Morgan fingerprint density at radius 1 is 1.19 bits per heavy atom. The molecule has 88 valence electrons. The second-order valence-electron chi connectivity index (χ2n) is 4.39. The first-order chi connectivity index (χ1) is 7.63. The standard InChI is InChI=1S/C12H17NO3/c14-10-2-1-3-13(8-10)7-9-4-11(15)6-12(16)5-9/h4-6,10,14-16H,1-3,7-8H2. The Bertz CT molecular complexity index is 347. The topological polar surface area (TPSA) is 63.9 Å². The van der Waals surface area contributed by atoms with E-state index in [1.54, 1.807) is 12.1 Å². The van der Waals surface area contributed by atoms with Gasteiger partial charge in [-0.15, -0.1) is 0 Å². The molecular weight excluding hydrogens is 206 g/mol. The lowest BCUT2D eigenvalue weighted by atomic mass is 10.1. The van der Waals surface area contributed by atoms with Crippen LogP contribution in [0.1, 0.15) is 18.4 Å². The largest absolute Gasteiger partial charge is 0.508 e. The molecule has 1 aliphatic rings. The molecule has 1 saturated heterocycles. The third-order valence-corrected chi connectivity index (χ3v) is 2.85. The first-order valence-corrected chi connectivity index (χ1v) is 5.56. The number of benzene rings is 1. The lowest BCUT2D eigenvalue weighted by Crippen LogP contribution is -2.37. The molecule has 1 aromatic carbocycles. The second kappa shape index (κ2) is 4.72. The highest BCUT2D eigenvalue weighted by Gasteiger charge is 2.17. The van der Waals surface area contributed by atoms with Gasteiger partial charge < -0.3 is 15.3 Å². The smallest absolute Gasteiger partial charge is 0.119 e. The zero-order valence-corrected chi connectivity index (χ0v) is 9.13. The maximum absolute atomic E-state index is 9.53. The molecule has 2 rings (SSSR count). The normalized spacial score (nSPS) is 22.2. The van der Waals surface area contributed by atoms with Crippen LogP contribution in [0.3, 0.4) is 0 Å². The Balaban J connectivity index is 2.02. The molecule has 1 atom stereocenters. The number of nitrogens with zero attached hydrogens (tertiary/aromatic N) is 1. The number of β-amino-alcohol motifs (C(OH)–C–C–N with tert-alkyl or cyclic N) is 1. The molecule has 0 amide bonds. The van der Waals surface area contributed by atoms with Gasteiger partial charge in [-0.3, -0.25) is 4.90 Å². The number of aliphatic hydroxyl groups excluding tert-OH is 1. The van der Waals surface area contributed by atoms with E-state index in [2.05, 4.69) is 4.90 Å². The summed E-state index contributed by atoms with van der Waals surface area (Å²) in [4.78, 5) is 2.13. The number of likely N-dealkylation sites (tertiary alicyclic amines) is 1. The minimum Gasteiger partial charge on any atom is -0.508 e. The highest BCUT2D eigenvalue weighted by molar-refractivity contribution is 5.36. The summed E-state index contributed by atoms with van der Waals surface area (Å²) in [5.74, 6) is 0.153. The first kappa shape index (κ1) is 11.2. The third kappa shape index (κ3) is 2.87. The number of hydrogen-bond acceptors (Lipinski definition) is 4. The van der Waals surface area contributed by atoms with Crippen LogP contribution in [0.25, 0.3) is 0 Å². The molecule has 0 saturated carbocycles. The molecule has 0 bridgehead atoms. The number of aliphatic hydroxyl groups is 1. The number of rotatable bonds is 2. The number of aromatic hydroxyl groups is 2. The Morgan fingerprint density at radius 3 is 2.50 bits per heavy atom. The third-order valence-electron chi connectivity index (χ3n) is 2.85. The monoisotopic (exact) mass is 223 g/mol. The van der Waals surface area contributed by atoms with Crippen molar-refractivity contribution in [3.05, 3.63) is 23.8 Å². The van der Waals surface area contributed by atoms with Crippen molar-refractivity contribution in [3.63, 3.8) is 0 Å². The van der Waals surface area contributed by atoms with Crippen molar-refractivity contribution in [2.75, 3.05) is 13.1 Å². The fourth-order valence-electron chi connectivity index (χ4n) is 2.18. The van der Waals surface area contributed by atoms with Gasteiger partial charge in [0.1, 0.15) is 11.5 Å². The van der Waals surface area contributed by atoms with Crippen molar-refractivity contribution in [2.45, 2.75) is 25.5 Å². The van der Waals surface area contributed by atoms with E-state index in [9.17, 15) is 15.3 Å². The van der Waals surface area contributed by atoms with E-state index in [4.69, 9.17) is 0 Å². The molecule has 1 fully saturated rings. The van der Waals surface area contributed by atoms with E-state index < -0.39 is 0 Å². The van der Waals surface area contributed by atoms with Crippen LogP contribution in [0.5, 0.6) is 11.5 Å². The molecule has 1 unspecified atom stereocenters. The predicted octanol–water partition coefficient (Wildman–Crippen LogP) is 1.05. The molecule has 4 nitrogen and oxygen atoms in total. The molecule has 4 heteroatoms. The van der Waals surface area contributed by atoms with E-state index in [1.807, 2.05) is 0 Å². The van der Waals surface area contributed by atoms with Crippen LogP contribution >= 0.6 is 0 Å². The lowest BCUT2D eigenvalue weighted by molar-refractivity contribution is 0.0668. The van der Waals surface area contributed by atoms with Gasteiger partial charge in [0, 0.05) is 19.2 Å². The number of hydrogen-bond donors (Lipinski definition) is 3. The fourth-order valence-corrected chi connectivity index (χ4v) is 2.18. The summed E-state index contributed by atoms with van der Waals surface area (Å²) in [6.45, 7) is 2.27. The summed E-state index contributed by atoms with van der Waals surface area (Å²) in [5.41, 5.74) is 0.867. The van der Waals surface area contributed by atoms with Crippen molar-refractivity contribution >= 4 is 0 Å². The summed E-state index contributed by atoms with van der Waals surface area (Å²) >= 11 is 0. The van der Waals surface area contributed by atoms with E-state index in [0.717, 1.165) is 24.9 Å². The zero-order valence-electron chi connectivity index (χ0n) is 9.13. The summed E-state index contributed by atoms with van der Waals surface area (Å²) in [6, 6.07) is 4.59. The van der Waals surface area contributed by atoms with Crippen molar-refractivity contribution in [1.82, 2.24) is 4.90 Å². The van der Waals surface area contributed by atoms with E-state index >= 15 is 0 Å². The fraction of sp³-hybridized carbons (Fsp3) is 0.500. The molecule has 0 aliphatic carbocycles. The number of piperidine rings is 1. The Kier molecular flexibility index (Phi) is 3.31. The van der Waals surface area contributed by atoms with Crippen molar-refractivity contribution in [2.24, 2.45) is 0 Å². The molecule has 0 radical (unpaired) electrons. The van der Waals surface area contributed by atoms with Gasteiger partial charge in [-0.1, -0.05) is 0 Å². The van der Waals surface area contributed by atoms with Gasteiger partial charge in [0.15, 0.2) is 0 Å². The van der Waals surface area contributed by atoms with Crippen LogP contribution in [0, 0.1) is 0 Å². The van der Waals surface area contributed by atoms with Crippen LogP contribution in [-0.2, 0) is 6.54 Å². The lowest BCUT2D eigenvalue weighted by Gasteiger charge is -2.29. The quantitative estimate of drug-likeness (QED) is 0.701. The average molecular weight is 223 g/mol. The van der Waals surface area contributed by atoms with E-state index in [1.165, 1.54) is 6.07 Å². The first-order valence-electron chi connectivity index (χ1n) is 5.56. The van der Waals surface area contributed by atoms with E-state index in [0.29, 0.717) is 13.1 Å². The average Bonchev–Trinajstić information content (AvgIpc) is 2.15. The SMILES string of the molecule is Oc1cc(O)cc(CN2CCCC(O)C2)c1. The van der Waals surface area contributed by atoms with Gasteiger partial charge in [0.2, 0.25) is 0 Å². The van der Waals surface area contributed by atoms with Gasteiger partial charge in [-0.25, -0.2) is 0 Å². The van der Waals surface area contributed by atoms with Crippen molar-refractivity contribution in [3.8, 4) is 11.5 Å². The van der Waals surface area contributed by atoms with Gasteiger partial charge in [0.25, 0.3) is 0 Å². The van der Waals surface area contributed by atoms with E-state index in [-0.39, 0.29) is 17.6 Å². The van der Waals surface area contributed by atoms with Gasteiger partial charge in [-0.2, -0.15) is 0 Å². The molecule has 1 aliphatic heterocycles. The minimum atomic E-state index is -0.250. The number of phenolic OH excluding ortho intramolecular Hbond substituents is 2. The maximum atomic E-state index is 9.53. The van der Waals surface area contributed by atoms with Crippen LogP contribution in [-0.4, -0.2) is 39.4 Å². The maximum Gasteiger partial charge on any atom is 0.119 e. The van der Waals surface area contributed by atoms with Crippen molar-refractivity contribution < 1.29 is 15.3 Å². The second-order valence-corrected chi connectivity index (χ2v) is 4.39. The van der Waals surface area contributed by atoms with Crippen LogP contribution in [0.2, 0.25) is 0 Å². The Morgan fingerprint density at radius 2 is 1.88 bits per heavy atom. The highest BCUT2D eigenvalue weighted by atomic mass is 16.3.